The van der Waals surface area contributed by atoms with E-state index in [2.05, 4.69) is 20.5 Å². The van der Waals surface area contributed by atoms with Gasteiger partial charge in [-0.15, -0.1) is 0 Å². The highest BCUT2D eigenvalue weighted by Gasteiger charge is 2.23. The van der Waals surface area contributed by atoms with Crippen LogP contribution in [-0.4, -0.2) is 52.9 Å². The van der Waals surface area contributed by atoms with E-state index in [9.17, 15) is 14.0 Å². The van der Waals surface area contributed by atoms with E-state index >= 15 is 0 Å². The van der Waals surface area contributed by atoms with Crippen molar-refractivity contribution in [3.05, 3.63) is 53.6 Å². The van der Waals surface area contributed by atoms with Crippen molar-refractivity contribution >= 4 is 23.3 Å². The summed E-state index contributed by atoms with van der Waals surface area (Å²) in [4.78, 5) is 32.0. The molecule has 0 spiro atoms. The Kier molecular flexibility index (Phi) is 6.99. The molecule has 3 rings (SSSR count). The predicted octanol–water partition coefficient (Wildman–Crippen LogP) is 3.62. The Bertz CT molecular complexity index is 895. The van der Waals surface area contributed by atoms with Crippen molar-refractivity contribution in [2.45, 2.75) is 39.3 Å². The second-order valence-corrected chi connectivity index (χ2v) is 7.72. The number of carbonyl (C=O) groups is 2. The number of hydrogen-bond acceptors (Lipinski definition) is 4. The average molecular weight is 413 g/mol. The first-order valence-corrected chi connectivity index (χ1v) is 10.1. The smallest absolute Gasteiger partial charge is 0.323 e. The van der Waals surface area contributed by atoms with Gasteiger partial charge < -0.3 is 15.5 Å². The summed E-state index contributed by atoms with van der Waals surface area (Å²) in [5, 5.41) is 5.22. The summed E-state index contributed by atoms with van der Waals surface area (Å²) in [6.07, 6.45) is 3.37. The summed E-state index contributed by atoms with van der Waals surface area (Å²) in [6.45, 7) is 5.83. The predicted molar refractivity (Wildman–Crippen MR) is 115 cm³/mol. The number of carbonyl (C=O) groups excluding carboxylic acids is 2. The van der Waals surface area contributed by atoms with Gasteiger partial charge in [-0.05, 0) is 49.6 Å². The van der Waals surface area contributed by atoms with Crippen molar-refractivity contribution in [2.24, 2.45) is 0 Å². The molecule has 2 aromatic rings. The SMILES string of the molecule is CC(=O)N(C)C1CCN(Cc2ccc(F)c(NC(=O)Nc3ccc(C)nc3)c2)CC1. The lowest BCUT2D eigenvalue weighted by Gasteiger charge is -2.36. The molecule has 0 aliphatic carbocycles. The van der Waals surface area contributed by atoms with Crippen LogP contribution in [0.1, 0.15) is 31.0 Å². The van der Waals surface area contributed by atoms with Crippen LogP contribution in [0.15, 0.2) is 36.5 Å². The molecule has 0 atom stereocenters. The molecule has 0 saturated carbocycles. The minimum Gasteiger partial charge on any atom is -0.343 e. The Hall–Kier alpha value is -3.00. The molecule has 0 unspecified atom stereocenters. The van der Waals surface area contributed by atoms with Crippen LogP contribution in [-0.2, 0) is 11.3 Å². The summed E-state index contributed by atoms with van der Waals surface area (Å²) in [6, 6.07) is 8.03. The molecule has 1 saturated heterocycles. The van der Waals surface area contributed by atoms with E-state index < -0.39 is 11.8 Å². The zero-order chi connectivity index (χ0) is 21.7. The standard InChI is InChI=1S/C22H28FN5O2/c1-15-4-6-18(13-24-15)25-22(30)26-21-12-17(5-7-20(21)23)14-28-10-8-19(9-11-28)27(3)16(2)29/h4-7,12-13,19H,8-11,14H2,1-3H3,(H2,25,26,30). The van der Waals surface area contributed by atoms with Gasteiger partial charge >= 0.3 is 6.03 Å². The van der Waals surface area contributed by atoms with Crippen molar-refractivity contribution in [1.29, 1.82) is 0 Å². The summed E-state index contributed by atoms with van der Waals surface area (Å²) < 4.78 is 14.2. The molecule has 0 bridgehead atoms. The molecule has 1 fully saturated rings. The van der Waals surface area contributed by atoms with Gasteiger partial charge in [0.1, 0.15) is 5.82 Å². The van der Waals surface area contributed by atoms with Gasteiger partial charge in [0.25, 0.3) is 0 Å². The molecular weight excluding hydrogens is 385 g/mol. The second kappa shape index (κ2) is 9.67. The Morgan fingerprint density at radius 2 is 1.93 bits per heavy atom. The lowest BCUT2D eigenvalue weighted by atomic mass is 10.0. The van der Waals surface area contributed by atoms with Crippen LogP contribution in [0.5, 0.6) is 0 Å². The topological polar surface area (TPSA) is 77.6 Å². The first-order chi connectivity index (χ1) is 14.3. The maximum atomic E-state index is 14.2. The number of pyridine rings is 1. The summed E-state index contributed by atoms with van der Waals surface area (Å²) in [7, 11) is 1.85. The number of nitrogens with one attached hydrogen (secondary N) is 2. The van der Waals surface area contributed by atoms with E-state index in [1.54, 1.807) is 42.3 Å². The normalized spacial score (nSPS) is 14.9. The number of halogens is 1. The Morgan fingerprint density at radius 1 is 1.20 bits per heavy atom. The number of hydrogen-bond donors (Lipinski definition) is 2. The highest BCUT2D eigenvalue weighted by atomic mass is 19.1. The molecular formula is C22H28FN5O2. The van der Waals surface area contributed by atoms with Crippen molar-refractivity contribution in [3.63, 3.8) is 0 Å². The van der Waals surface area contributed by atoms with E-state index in [0.717, 1.165) is 37.2 Å². The van der Waals surface area contributed by atoms with Crippen molar-refractivity contribution < 1.29 is 14.0 Å². The number of benzene rings is 1. The zero-order valence-corrected chi connectivity index (χ0v) is 17.6. The molecule has 0 radical (unpaired) electrons. The van der Waals surface area contributed by atoms with Crippen molar-refractivity contribution in [1.82, 2.24) is 14.8 Å². The number of likely N-dealkylation sites (tertiary alicyclic amines) is 1. The van der Waals surface area contributed by atoms with Crippen LogP contribution in [0, 0.1) is 12.7 Å². The first-order valence-electron chi connectivity index (χ1n) is 10.1. The number of amides is 3. The number of piperidine rings is 1. The van der Waals surface area contributed by atoms with Crippen LogP contribution in [0.3, 0.4) is 0 Å². The maximum absolute atomic E-state index is 14.2. The highest BCUT2D eigenvalue weighted by Crippen LogP contribution is 2.21. The van der Waals surface area contributed by atoms with E-state index in [1.165, 1.54) is 6.07 Å². The van der Waals surface area contributed by atoms with Gasteiger partial charge in [-0.3, -0.25) is 14.7 Å². The van der Waals surface area contributed by atoms with Crippen molar-refractivity contribution in [3.8, 4) is 0 Å². The Morgan fingerprint density at radius 3 is 2.57 bits per heavy atom. The molecule has 2 heterocycles. The lowest BCUT2D eigenvalue weighted by molar-refractivity contribution is -0.130. The van der Waals surface area contributed by atoms with Gasteiger partial charge in [0, 0.05) is 45.3 Å². The average Bonchev–Trinajstić information content (AvgIpc) is 2.72. The van der Waals surface area contributed by atoms with E-state index in [0.29, 0.717) is 12.2 Å². The largest absolute Gasteiger partial charge is 0.343 e. The summed E-state index contributed by atoms with van der Waals surface area (Å²) >= 11 is 0. The molecule has 1 aromatic carbocycles. The molecule has 8 heteroatoms. The number of rotatable bonds is 5. The van der Waals surface area contributed by atoms with E-state index in [-0.39, 0.29) is 17.6 Å². The van der Waals surface area contributed by atoms with Crippen LogP contribution in [0.4, 0.5) is 20.6 Å². The van der Waals surface area contributed by atoms with Gasteiger partial charge in [0.15, 0.2) is 0 Å². The van der Waals surface area contributed by atoms with Gasteiger partial charge in [-0.25, -0.2) is 9.18 Å². The fourth-order valence-corrected chi connectivity index (χ4v) is 3.57. The van der Waals surface area contributed by atoms with Gasteiger partial charge in [-0.1, -0.05) is 6.07 Å². The minimum atomic E-state index is -0.523. The highest BCUT2D eigenvalue weighted by molar-refractivity contribution is 5.99. The lowest BCUT2D eigenvalue weighted by Crippen LogP contribution is -2.44. The van der Waals surface area contributed by atoms with Crippen LogP contribution >= 0.6 is 0 Å². The third-order valence-electron chi connectivity index (χ3n) is 5.46. The Balaban J connectivity index is 1.57. The quantitative estimate of drug-likeness (QED) is 0.785. The fraction of sp³-hybridized carbons (Fsp3) is 0.409. The maximum Gasteiger partial charge on any atom is 0.323 e. The molecule has 1 aromatic heterocycles. The minimum absolute atomic E-state index is 0.0856. The Labute approximate surface area is 176 Å². The zero-order valence-electron chi connectivity index (χ0n) is 17.6. The first kappa shape index (κ1) is 21.7. The van der Waals surface area contributed by atoms with Crippen LogP contribution < -0.4 is 10.6 Å². The number of aromatic nitrogens is 1. The van der Waals surface area contributed by atoms with Gasteiger partial charge in [0.05, 0.1) is 17.6 Å². The molecule has 30 heavy (non-hydrogen) atoms. The number of nitrogens with zero attached hydrogens (tertiary/aromatic N) is 3. The summed E-state index contributed by atoms with van der Waals surface area (Å²) in [5.41, 5.74) is 2.43. The van der Waals surface area contributed by atoms with Crippen LogP contribution in [0.25, 0.3) is 0 Å². The third-order valence-corrected chi connectivity index (χ3v) is 5.46. The van der Waals surface area contributed by atoms with E-state index in [1.807, 2.05) is 14.0 Å². The molecule has 7 nitrogen and oxygen atoms in total. The molecule has 2 N–H and O–H groups in total. The number of urea groups is 1. The molecule has 3 amide bonds. The third kappa shape index (κ3) is 5.76. The fourth-order valence-electron chi connectivity index (χ4n) is 3.57. The molecule has 160 valence electrons. The van der Waals surface area contributed by atoms with Crippen molar-refractivity contribution in [2.75, 3.05) is 30.8 Å². The number of anilines is 2. The molecule has 1 aliphatic rings. The summed E-state index contributed by atoms with van der Waals surface area (Å²) in [5.74, 6) is -0.403. The monoisotopic (exact) mass is 413 g/mol. The van der Waals surface area contributed by atoms with Crippen LogP contribution in [0.2, 0.25) is 0 Å². The van der Waals surface area contributed by atoms with E-state index in [4.69, 9.17) is 0 Å². The second-order valence-electron chi connectivity index (χ2n) is 7.72. The number of aryl methyl sites for hydroxylation is 1. The van der Waals surface area contributed by atoms with Gasteiger partial charge in [-0.2, -0.15) is 0 Å². The molecule has 1 aliphatic heterocycles. The van der Waals surface area contributed by atoms with Gasteiger partial charge in [0.2, 0.25) is 5.91 Å².